The highest BCUT2D eigenvalue weighted by atomic mass is 32.2. The van der Waals surface area contributed by atoms with E-state index in [9.17, 15) is 9.59 Å². The van der Waals surface area contributed by atoms with Crippen molar-refractivity contribution in [1.82, 2.24) is 4.90 Å². The molecule has 0 aromatic heterocycles. The molecule has 1 fully saturated rings. The number of likely N-dealkylation sites (N-methyl/N-ethyl adjacent to an activating group) is 1. The van der Waals surface area contributed by atoms with Gasteiger partial charge in [-0.05, 0) is 59.7 Å². The minimum atomic E-state index is -1.03. The summed E-state index contributed by atoms with van der Waals surface area (Å²) in [4.78, 5) is 30.3. The molecule has 0 bridgehead atoms. The fraction of sp³-hybridized carbons (Fsp3) is 0.261. The van der Waals surface area contributed by atoms with Crippen LogP contribution in [0.5, 0.6) is 11.5 Å². The summed E-state index contributed by atoms with van der Waals surface area (Å²) in [6, 6.07) is 11.8. The molecule has 2 aromatic rings. The van der Waals surface area contributed by atoms with E-state index in [1.165, 1.54) is 28.8 Å². The molecular formula is C23H24N2O5S. The van der Waals surface area contributed by atoms with Gasteiger partial charge in [0.1, 0.15) is 0 Å². The Morgan fingerprint density at radius 1 is 1.23 bits per heavy atom. The molecule has 1 amide bonds. The van der Waals surface area contributed by atoms with Crippen molar-refractivity contribution in [3.8, 4) is 11.5 Å². The smallest absolute Gasteiger partial charge is 0.335 e. The van der Waals surface area contributed by atoms with E-state index in [4.69, 9.17) is 14.6 Å². The van der Waals surface area contributed by atoms with E-state index in [1.807, 2.05) is 18.2 Å². The Bertz CT molecular complexity index is 1060. The number of rotatable bonds is 7. The lowest BCUT2D eigenvalue weighted by Gasteiger charge is -2.13. The van der Waals surface area contributed by atoms with Crippen molar-refractivity contribution in [1.29, 1.82) is 0 Å². The molecule has 7 nitrogen and oxygen atoms in total. The number of ether oxygens (including phenoxy) is 2. The zero-order valence-electron chi connectivity index (χ0n) is 17.8. The van der Waals surface area contributed by atoms with Crippen molar-refractivity contribution in [2.75, 3.05) is 20.8 Å². The maximum atomic E-state index is 12.7. The second-order valence-electron chi connectivity index (χ2n) is 7.34. The Kier molecular flexibility index (Phi) is 7.02. The Morgan fingerprint density at radius 2 is 2.00 bits per heavy atom. The van der Waals surface area contributed by atoms with Crippen LogP contribution in [-0.4, -0.2) is 47.8 Å². The third-order valence-electron chi connectivity index (χ3n) is 4.38. The summed E-state index contributed by atoms with van der Waals surface area (Å²) >= 11 is 1.23. The van der Waals surface area contributed by atoms with Gasteiger partial charge in [-0.3, -0.25) is 9.69 Å². The first-order chi connectivity index (χ1) is 14.8. The first-order valence-corrected chi connectivity index (χ1v) is 10.5. The second kappa shape index (κ2) is 9.70. The normalized spacial score (nSPS) is 16.4. The van der Waals surface area contributed by atoms with E-state index >= 15 is 0 Å². The number of amidine groups is 1. The van der Waals surface area contributed by atoms with Gasteiger partial charge in [0.05, 0.1) is 29.9 Å². The van der Waals surface area contributed by atoms with Crippen LogP contribution in [0.1, 0.15) is 29.8 Å². The lowest BCUT2D eigenvalue weighted by Crippen LogP contribution is -2.23. The number of amides is 1. The van der Waals surface area contributed by atoms with Crippen LogP contribution in [0.15, 0.2) is 52.4 Å². The summed E-state index contributed by atoms with van der Waals surface area (Å²) in [5.74, 6) is 0.432. The summed E-state index contributed by atoms with van der Waals surface area (Å²) in [6.45, 7) is 4.72. The van der Waals surface area contributed by atoms with Crippen LogP contribution in [0.25, 0.3) is 6.08 Å². The van der Waals surface area contributed by atoms with E-state index in [1.54, 1.807) is 32.4 Å². The molecule has 1 heterocycles. The fourth-order valence-electron chi connectivity index (χ4n) is 2.77. The van der Waals surface area contributed by atoms with Gasteiger partial charge in [-0.2, -0.15) is 0 Å². The third kappa shape index (κ3) is 5.46. The second-order valence-corrected chi connectivity index (χ2v) is 8.35. The molecule has 31 heavy (non-hydrogen) atoms. The number of nitrogens with zero attached hydrogens (tertiary/aromatic N) is 2. The number of benzene rings is 2. The minimum Gasteiger partial charge on any atom is -0.493 e. The Balaban J connectivity index is 1.84. The monoisotopic (exact) mass is 440 g/mol. The molecule has 0 spiro atoms. The summed E-state index contributed by atoms with van der Waals surface area (Å²) in [7, 11) is 3.22. The number of aromatic carboxylic acids is 1. The number of carboxylic acids is 1. The summed E-state index contributed by atoms with van der Waals surface area (Å²) < 4.78 is 11.2. The maximum absolute atomic E-state index is 12.7. The summed E-state index contributed by atoms with van der Waals surface area (Å²) in [6.07, 6.45) is 1.77. The molecule has 1 aliphatic heterocycles. The van der Waals surface area contributed by atoms with Gasteiger partial charge in [-0.15, -0.1) is 0 Å². The molecule has 1 aliphatic rings. The van der Waals surface area contributed by atoms with Crippen molar-refractivity contribution < 1.29 is 24.2 Å². The molecule has 0 unspecified atom stereocenters. The number of carboxylic acid groups (broad SMARTS) is 1. The van der Waals surface area contributed by atoms with Crippen LogP contribution in [0.3, 0.4) is 0 Å². The van der Waals surface area contributed by atoms with E-state index in [2.05, 4.69) is 18.8 Å². The first kappa shape index (κ1) is 22.4. The van der Waals surface area contributed by atoms with E-state index < -0.39 is 5.97 Å². The largest absolute Gasteiger partial charge is 0.493 e. The van der Waals surface area contributed by atoms with Crippen molar-refractivity contribution >= 4 is 40.6 Å². The molecule has 2 aromatic carbocycles. The van der Waals surface area contributed by atoms with Crippen molar-refractivity contribution in [2.24, 2.45) is 10.9 Å². The molecule has 8 heteroatoms. The van der Waals surface area contributed by atoms with Crippen LogP contribution in [0.2, 0.25) is 0 Å². The number of hydrogen-bond donors (Lipinski definition) is 1. The highest BCUT2D eigenvalue weighted by molar-refractivity contribution is 8.18. The van der Waals surface area contributed by atoms with Crippen LogP contribution in [0, 0.1) is 5.92 Å². The lowest BCUT2D eigenvalue weighted by molar-refractivity contribution is -0.121. The van der Waals surface area contributed by atoms with Crippen molar-refractivity contribution in [3.05, 3.63) is 58.5 Å². The van der Waals surface area contributed by atoms with Gasteiger partial charge in [-0.25, -0.2) is 9.79 Å². The number of carbonyl (C=O) groups is 2. The number of carbonyl (C=O) groups excluding carboxylic acids is 1. The molecule has 0 radical (unpaired) electrons. The van der Waals surface area contributed by atoms with Gasteiger partial charge in [0.15, 0.2) is 16.7 Å². The van der Waals surface area contributed by atoms with E-state index in [0.29, 0.717) is 39.8 Å². The van der Waals surface area contributed by atoms with Crippen molar-refractivity contribution in [2.45, 2.75) is 13.8 Å². The topological polar surface area (TPSA) is 88.4 Å². The maximum Gasteiger partial charge on any atom is 0.335 e. The summed E-state index contributed by atoms with van der Waals surface area (Å²) in [5.41, 5.74) is 1.41. The average Bonchev–Trinajstić information content (AvgIpc) is 3.00. The predicted octanol–water partition coefficient (Wildman–Crippen LogP) is 4.66. The Hall–Kier alpha value is -3.26. The molecular weight excluding hydrogens is 416 g/mol. The van der Waals surface area contributed by atoms with Crippen LogP contribution in [-0.2, 0) is 4.79 Å². The van der Waals surface area contributed by atoms with Gasteiger partial charge in [-0.1, -0.05) is 26.0 Å². The van der Waals surface area contributed by atoms with Crippen LogP contribution in [0.4, 0.5) is 5.69 Å². The van der Waals surface area contributed by atoms with E-state index in [0.717, 1.165) is 5.56 Å². The Morgan fingerprint density at radius 3 is 2.68 bits per heavy atom. The number of thioether (sulfide) groups is 1. The molecule has 0 saturated carbocycles. The first-order valence-electron chi connectivity index (χ1n) is 9.69. The highest BCUT2D eigenvalue weighted by Gasteiger charge is 2.30. The zero-order valence-corrected chi connectivity index (χ0v) is 18.6. The molecule has 162 valence electrons. The van der Waals surface area contributed by atoms with Gasteiger partial charge in [0, 0.05) is 7.05 Å². The third-order valence-corrected chi connectivity index (χ3v) is 5.44. The van der Waals surface area contributed by atoms with Crippen LogP contribution < -0.4 is 9.47 Å². The highest BCUT2D eigenvalue weighted by Crippen LogP contribution is 2.35. The number of hydrogen-bond acceptors (Lipinski definition) is 6. The number of methoxy groups -OCH3 is 1. The molecule has 1 saturated heterocycles. The van der Waals surface area contributed by atoms with Crippen LogP contribution >= 0.6 is 11.8 Å². The SMILES string of the molecule is COc1cc(/C=C2/SC(=Nc3cccc(C(=O)O)c3)N(C)C2=O)ccc1OCC(C)C. The molecule has 0 atom stereocenters. The van der Waals surface area contributed by atoms with Crippen molar-refractivity contribution in [3.63, 3.8) is 0 Å². The van der Waals surface area contributed by atoms with Gasteiger partial charge >= 0.3 is 5.97 Å². The predicted molar refractivity (Wildman–Crippen MR) is 122 cm³/mol. The van der Waals surface area contributed by atoms with Gasteiger partial charge < -0.3 is 14.6 Å². The molecule has 0 aliphatic carbocycles. The zero-order chi connectivity index (χ0) is 22.5. The molecule has 3 rings (SSSR count). The van der Waals surface area contributed by atoms with Gasteiger partial charge in [0.2, 0.25) is 0 Å². The lowest BCUT2D eigenvalue weighted by atomic mass is 10.1. The molecule has 1 N–H and O–H groups in total. The number of aliphatic imine (C=N–C) groups is 1. The Labute approximate surface area is 185 Å². The minimum absolute atomic E-state index is 0.140. The standard InChI is InChI=1S/C23H24N2O5S/c1-14(2)13-30-18-9-8-15(10-19(18)29-4)11-20-21(26)25(3)23(31-20)24-17-7-5-6-16(12-17)22(27)28/h5-12,14H,13H2,1-4H3,(H,27,28)/b20-11+,24-23?. The quantitative estimate of drug-likeness (QED) is 0.630. The fourth-order valence-corrected chi connectivity index (χ4v) is 3.76. The van der Waals surface area contributed by atoms with E-state index in [-0.39, 0.29) is 11.5 Å². The van der Waals surface area contributed by atoms with Gasteiger partial charge in [0.25, 0.3) is 5.91 Å². The average molecular weight is 441 g/mol. The summed E-state index contributed by atoms with van der Waals surface area (Å²) in [5, 5.41) is 9.62.